The lowest BCUT2D eigenvalue weighted by molar-refractivity contribution is 0.0943. The Kier molecular flexibility index (Phi) is 6.24. The van der Waals surface area contributed by atoms with Crippen molar-refractivity contribution in [1.82, 2.24) is 16.2 Å². The Morgan fingerprint density at radius 3 is 2.42 bits per heavy atom. The lowest BCUT2D eigenvalue weighted by Gasteiger charge is -2.12. The first-order chi connectivity index (χ1) is 12.2. The van der Waals surface area contributed by atoms with E-state index in [4.69, 9.17) is 17.4 Å². The fourth-order valence-corrected chi connectivity index (χ4v) is 2.99. The summed E-state index contributed by atoms with van der Waals surface area (Å²) in [4.78, 5) is 12.0. The van der Waals surface area contributed by atoms with Crippen LogP contribution in [0, 0.1) is 12.7 Å². The molecule has 0 radical (unpaired) electrons. The summed E-state index contributed by atoms with van der Waals surface area (Å²) in [6.07, 6.45) is 0. The molecule has 26 heavy (non-hydrogen) atoms. The average Bonchev–Trinajstić information content (AvgIpc) is 2.58. The predicted octanol–water partition coefficient (Wildman–Crippen LogP) is 1.09. The number of thiocarbonyl (C=S) groups is 1. The molecule has 2 aromatic carbocycles. The fourth-order valence-electron chi connectivity index (χ4n) is 2.06. The molecule has 0 saturated heterocycles. The van der Waals surface area contributed by atoms with E-state index in [-0.39, 0.29) is 21.4 Å². The highest BCUT2D eigenvalue weighted by Crippen LogP contribution is 2.15. The van der Waals surface area contributed by atoms with Crippen molar-refractivity contribution < 1.29 is 17.6 Å². The van der Waals surface area contributed by atoms with Gasteiger partial charge in [0.2, 0.25) is 10.0 Å². The molecule has 5 N–H and O–H groups in total. The number of nitrogens with two attached hydrogens (primary N) is 1. The third-order valence-electron chi connectivity index (χ3n) is 3.41. The van der Waals surface area contributed by atoms with E-state index in [0.29, 0.717) is 12.1 Å². The number of hydrogen-bond acceptors (Lipinski definition) is 4. The van der Waals surface area contributed by atoms with Gasteiger partial charge in [-0.15, -0.1) is 0 Å². The molecule has 0 aliphatic carbocycles. The van der Waals surface area contributed by atoms with Crippen molar-refractivity contribution in [2.75, 3.05) is 0 Å². The summed E-state index contributed by atoms with van der Waals surface area (Å²) >= 11 is 5.03. The zero-order valence-corrected chi connectivity index (χ0v) is 15.4. The summed E-state index contributed by atoms with van der Waals surface area (Å²) in [5, 5.41) is 8.10. The second kappa shape index (κ2) is 8.21. The molecule has 2 aromatic rings. The van der Waals surface area contributed by atoms with Gasteiger partial charge in [-0.1, -0.05) is 18.2 Å². The summed E-state index contributed by atoms with van der Waals surface area (Å²) in [6, 6.07) is 10.0. The van der Waals surface area contributed by atoms with E-state index in [0.717, 1.165) is 5.56 Å². The van der Waals surface area contributed by atoms with E-state index >= 15 is 0 Å². The van der Waals surface area contributed by atoms with Gasteiger partial charge in [0.05, 0.1) is 4.90 Å². The number of nitrogens with one attached hydrogen (secondary N) is 3. The molecule has 0 saturated carbocycles. The summed E-state index contributed by atoms with van der Waals surface area (Å²) in [5.74, 6) is -0.917. The number of carbonyl (C=O) groups excluding carboxylic acids is 1. The van der Waals surface area contributed by atoms with E-state index in [1.54, 1.807) is 19.1 Å². The molecule has 0 spiro atoms. The van der Waals surface area contributed by atoms with Crippen LogP contribution in [-0.2, 0) is 16.6 Å². The maximum atomic E-state index is 12.8. The highest BCUT2D eigenvalue weighted by atomic mass is 32.2. The number of halogens is 1. The van der Waals surface area contributed by atoms with Crippen molar-refractivity contribution >= 4 is 33.3 Å². The molecule has 7 nitrogen and oxygen atoms in total. The van der Waals surface area contributed by atoms with Gasteiger partial charge in [-0.3, -0.25) is 15.6 Å². The first-order valence-corrected chi connectivity index (χ1v) is 9.34. The van der Waals surface area contributed by atoms with Crippen LogP contribution in [0.2, 0.25) is 0 Å². The van der Waals surface area contributed by atoms with Gasteiger partial charge in [-0.25, -0.2) is 17.9 Å². The SMILES string of the molecule is Cc1ccc(C(=O)NNC(=S)NCc2ccc(F)cc2)cc1S(N)(=O)=O. The minimum Gasteiger partial charge on any atom is -0.357 e. The Morgan fingerprint density at radius 2 is 1.81 bits per heavy atom. The largest absolute Gasteiger partial charge is 0.357 e. The predicted molar refractivity (Wildman–Crippen MR) is 99.0 cm³/mol. The maximum Gasteiger partial charge on any atom is 0.269 e. The molecule has 138 valence electrons. The number of hydrogen-bond donors (Lipinski definition) is 4. The van der Waals surface area contributed by atoms with Crippen molar-refractivity contribution in [2.24, 2.45) is 5.14 Å². The first kappa shape index (κ1) is 19.8. The second-order valence-electron chi connectivity index (χ2n) is 5.41. The smallest absolute Gasteiger partial charge is 0.269 e. The van der Waals surface area contributed by atoms with Gasteiger partial charge >= 0.3 is 0 Å². The van der Waals surface area contributed by atoms with Crippen LogP contribution in [0.25, 0.3) is 0 Å². The molecule has 1 amide bonds. The van der Waals surface area contributed by atoms with Crippen LogP contribution >= 0.6 is 12.2 Å². The summed E-state index contributed by atoms with van der Waals surface area (Å²) in [5.41, 5.74) is 6.20. The summed E-state index contributed by atoms with van der Waals surface area (Å²) in [7, 11) is -3.93. The molecule has 0 atom stereocenters. The Morgan fingerprint density at radius 1 is 1.15 bits per heavy atom. The molecule has 2 rings (SSSR count). The topological polar surface area (TPSA) is 113 Å². The third-order valence-corrected chi connectivity index (χ3v) is 4.71. The Hall–Kier alpha value is -2.56. The maximum absolute atomic E-state index is 12.8. The van der Waals surface area contributed by atoms with Gasteiger partial charge in [-0.05, 0) is 54.5 Å². The number of primary sulfonamides is 1. The van der Waals surface area contributed by atoms with E-state index in [2.05, 4.69) is 16.2 Å². The van der Waals surface area contributed by atoms with Crippen molar-refractivity contribution in [3.05, 3.63) is 65.0 Å². The quantitative estimate of drug-likeness (QED) is 0.455. The van der Waals surface area contributed by atoms with Crippen LogP contribution in [0.4, 0.5) is 4.39 Å². The highest BCUT2D eigenvalue weighted by molar-refractivity contribution is 7.89. The number of amides is 1. The molecule has 0 unspecified atom stereocenters. The summed E-state index contributed by atoms with van der Waals surface area (Å²) in [6.45, 7) is 1.91. The number of rotatable bonds is 4. The number of hydrazine groups is 1. The van der Waals surface area contributed by atoms with Gasteiger partial charge in [0, 0.05) is 12.1 Å². The van der Waals surface area contributed by atoms with Crippen LogP contribution in [0.5, 0.6) is 0 Å². The first-order valence-electron chi connectivity index (χ1n) is 7.39. The third kappa shape index (κ3) is 5.48. The van der Waals surface area contributed by atoms with Gasteiger partial charge in [0.25, 0.3) is 5.91 Å². The van der Waals surface area contributed by atoms with Crippen molar-refractivity contribution in [1.29, 1.82) is 0 Å². The molecule has 0 aromatic heterocycles. The minimum absolute atomic E-state index is 0.105. The number of carbonyl (C=O) groups is 1. The lowest BCUT2D eigenvalue weighted by Crippen LogP contribution is -2.46. The standard InChI is InChI=1S/C16H17FN4O3S2/c1-10-2-5-12(8-14(10)26(18,23)24)15(22)20-21-16(25)19-9-11-3-6-13(17)7-4-11/h2-8H,9H2,1H3,(H,20,22)(H2,18,23,24)(H2,19,21,25). The molecule has 10 heteroatoms. The van der Waals surface area contributed by atoms with E-state index in [1.165, 1.54) is 30.3 Å². The molecular weight excluding hydrogens is 379 g/mol. The molecule has 0 heterocycles. The van der Waals surface area contributed by atoms with Crippen molar-refractivity contribution in [3.63, 3.8) is 0 Å². The Labute approximate surface area is 155 Å². The lowest BCUT2D eigenvalue weighted by atomic mass is 10.1. The van der Waals surface area contributed by atoms with Crippen LogP contribution in [0.15, 0.2) is 47.4 Å². The molecule has 0 aliphatic rings. The molecule has 0 fully saturated rings. The van der Waals surface area contributed by atoms with Crippen LogP contribution in [0.3, 0.4) is 0 Å². The van der Waals surface area contributed by atoms with Gasteiger partial charge in [0.15, 0.2) is 5.11 Å². The van der Waals surface area contributed by atoms with Crippen molar-refractivity contribution in [3.8, 4) is 0 Å². The van der Waals surface area contributed by atoms with E-state index in [1.807, 2.05) is 0 Å². The monoisotopic (exact) mass is 396 g/mol. The van der Waals surface area contributed by atoms with E-state index in [9.17, 15) is 17.6 Å². The molecule has 0 bridgehead atoms. The fraction of sp³-hybridized carbons (Fsp3) is 0.125. The van der Waals surface area contributed by atoms with E-state index < -0.39 is 15.9 Å². The summed E-state index contributed by atoms with van der Waals surface area (Å²) < 4.78 is 35.9. The Balaban J connectivity index is 1.92. The normalized spacial score (nSPS) is 10.9. The number of benzene rings is 2. The zero-order valence-electron chi connectivity index (χ0n) is 13.7. The average molecular weight is 396 g/mol. The van der Waals surface area contributed by atoms with Crippen LogP contribution < -0.4 is 21.3 Å². The molecule has 0 aliphatic heterocycles. The highest BCUT2D eigenvalue weighted by Gasteiger charge is 2.15. The van der Waals surface area contributed by atoms with Gasteiger partial charge in [-0.2, -0.15) is 0 Å². The minimum atomic E-state index is -3.93. The zero-order chi connectivity index (χ0) is 19.3. The second-order valence-corrected chi connectivity index (χ2v) is 7.35. The number of aryl methyl sites for hydroxylation is 1. The Bertz CT molecular complexity index is 931. The van der Waals surface area contributed by atoms with Crippen molar-refractivity contribution in [2.45, 2.75) is 18.4 Å². The van der Waals surface area contributed by atoms with Gasteiger partial charge < -0.3 is 5.32 Å². The number of sulfonamides is 1. The van der Waals surface area contributed by atoms with Crippen LogP contribution in [-0.4, -0.2) is 19.4 Å². The van der Waals surface area contributed by atoms with Crippen LogP contribution in [0.1, 0.15) is 21.5 Å². The molecular formula is C16H17FN4O3S2. The van der Waals surface area contributed by atoms with Gasteiger partial charge in [0.1, 0.15) is 5.82 Å².